The average molecular weight is 449 g/mol. The van der Waals surface area contributed by atoms with Gasteiger partial charge in [0.15, 0.2) is 32.9 Å². The van der Waals surface area contributed by atoms with Crippen molar-refractivity contribution in [1.29, 1.82) is 0 Å². The molecule has 5 atom stereocenters. The molecule has 0 spiro atoms. The number of rotatable bonds is 8. The second-order valence-electron chi connectivity index (χ2n) is 7.94. The Bertz CT molecular complexity index is 647. The van der Waals surface area contributed by atoms with E-state index in [4.69, 9.17) is 28.1 Å². The summed E-state index contributed by atoms with van der Waals surface area (Å²) in [5.74, 6) is -2.58. The van der Waals surface area contributed by atoms with Crippen LogP contribution in [0.15, 0.2) is 0 Å². The fourth-order valence-electron chi connectivity index (χ4n) is 2.72. The maximum absolute atomic E-state index is 11.8. The van der Waals surface area contributed by atoms with E-state index in [2.05, 4.69) is 0 Å². The smallest absolute Gasteiger partial charge is 0.303 e. The van der Waals surface area contributed by atoms with Crippen LogP contribution in [0.25, 0.3) is 0 Å². The molecule has 0 aliphatic carbocycles. The van der Waals surface area contributed by atoms with Gasteiger partial charge in [-0.15, -0.1) is 0 Å². The lowest BCUT2D eigenvalue weighted by atomic mass is 9.98. The van der Waals surface area contributed by atoms with Crippen LogP contribution < -0.4 is 0 Å². The van der Waals surface area contributed by atoms with Crippen LogP contribution in [0.5, 0.6) is 0 Å². The maximum atomic E-state index is 11.8. The zero-order valence-corrected chi connectivity index (χ0v) is 19.8. The molecule has 1 fully saturated rings. The van der Waals surface area contributed by atoms with Gasteiger partial charge in [-0.1, -0.05) is 13.8 Å². The lowest BCUT2D eigenvalue weighted by Crippen LogP contribution is -2.64. The fourth-order valence-corrected chi connectivity index (χ4v) is 3.78. The van der Waals surface area contributed by atoms with Gasteiger partial charge in [0.25, 0.3) is 0 Å². The zero-order valence-electron chi connectivity index (χ0n) is 18.8. The molecule has 172 valence electrons. The van der Waals surface area contributed by atoms with Gasteiger partial charge in [-0.25, -0.2) is 0 Å². The van der Waals surface area contributed by atoms with E-state index in [1.807, 2.05) is 26.9 Å². The molecule has 0 radical (unpaired) electrons. The maximum Gasteiger partial charge on any atom is 0.303 e. The highest BCUT2D eigenvalue weighted by Crippen LogP contribution is 2.33. The van der Waals surface area contributed by atoms with E-state index in [9.17, 15) is 19.2 Å². The molecular weight excluding hydrogens is 416 g/mol. The third-order valence-electron chi connectivity index (χ3n) is 4.76. The summed E-state index contributed by atoms with van der Waals surface area (Å²) >= 11 is 0. The van der Waals surface area contributed by atoms with Crippen LogP contribution in [-0.2, 0) is 47.3 Å². The van der Waals surface area contributed by atoms with Gasteiger partial charge in [0.05, 0.1) is 0 Å². The first-order chi connectivity index (χ1) is 13.7. The normalized spacial score (nSPS) is 26.6. The third kappa shape index (κ3) is 7.69. The summed E-state index contributed by atoms with van der Waals surface area (Å²) in [6.45, 7) is 12.4. The van der Waals surface area contributed by atoms with Crippen molar-refractivity contribution in [1.82, 2.24) is 0 Å². The lowest BCUT2D eigenvalue weighted by Gasteiger charge is -2.46. The molecule has 0 aromatic heterocycles. The van der Waals surface area contributed by atoms with E-state index in [0.717, 1.165) is 0 Å². The van der Waals surface area contributed by atoms with Gasteiger partial charge >= 0.3 is 23.9 Å². The predicted molar refractivity (Wildman–Crippen MR) is 106 cm³/mol. The first-order valence-electron chi connectivity index (χ1n) is 9.72. The molecule has 0 N–H and O–H groups in total. The summed E-state index contributed by atoms with van der Waals surface area (Å²) in [6, 6.07) is 0. The second-order valence-corrected chi connectivity index (χ2v) is 12.5. The van der Waals surface area contributed by atoms with Crippen LogP contribution in [0.3, 0.4) is 0 Å². The largest absolute Gasteiger partial charge is 0.463 e. The lowest BCUT2D eigenvalue weighted by molar-refractivity contribution is -0.291. The SMILES string of the molecule is CC(=O)OCC1OC(O[Si](C)(C)C(C)C)C(OC(C)=O)C(OC(C)=O)C1OC(C)=O. The quantitative estimate of drug-likeness (QED) is 0.308. The Morgan fingerprint density at radius 3 is 1.70 bits per heavy atom. The minimum Gasteiger partial charge on any atom is -0.463 e. The van der Waals surface area contributed by atoms with Gasteiger partial charge in [0.2, 0.25) is 0 Å². The van der Waals surface area contributed by atoms with Crippen molar-refractivity contribution >= 4 is 32.2 Å². The van der Waals surface area contributed by atoms with E-state index >= 15 is 0 Å². The molecule has 0 saturated carbocycles. The first-order valence-corrected chi connectivity index (χ1v) is 12.7. The van der Waals surface area contributed by atoms with Crippen LogP contribution >= 0.6 is 0 Å². The van der Waals surface area contributed by atoms with Crippen molar-refractivity contribution in [2.75, 3.05) is 6.61 Å². The van der Waals surface area contributed by atoms with Gasteiger partial charge in [0, 0.05) is 27.7 Å². The third-order valence-corrected chi connectivity index (χ3v) is 8.38. The van der Waals surface area contributed by atoms with Crippen LogP contribution in [0.2, 0.25) is 18.6 Å². The van der Waals surface area contributed by atoms with Crippen LogP contribution in [-0.4, -0.2) is 69.5 Å². The molecule has 1 heterocycles. The van der Waals surface area contributed by atoms with Crippen molar-refractivity contribution in [3.8, 4) is 0 Å². The molecule has 0 aromatic rings. The highest BCUT2D eigenvalue weighted by molar-refractivity contribution is 6.72. The monoisotopic (exact) mass is 448 g/mol. The zero-order chi connectivity index (χ0) is 23.2. The predicted octanol–water partition coefficient (Wildman–Crippen LogP) is 1.70. The van der Waals surface area contributed by atoms with E-state index < -0.39 is 62.9 Å². The van der Waals surface area contributed by atoms with Crippen LogP contribution in [0.4, 0.5) is 0 Å². The van der Waals surface area contributed by atoms with Crippen molar-refractivity contribution in [2.45, 2.75) is 90.9 Å². The number of hydrogen-bond donors (Lipinski definition) is 0. The number of carbonyl (C=O) groups is 4. The molecule has 1 saturated heterocycles. The minimum atomic E-state index is -2.33. The van der Waals surface area contributed by atoms with Crippen LogP contribution in [0.1, 0.15) is 41.5 Å². The average Bonchev–Trinajstić information content (AvgIpc) is 2.56. The summed E-state index contributed by atoms with van der Waals surface area (Å²) in [7, 11) is -2.33. The Balaban J connectivity index is 3.39. The molecule has 30 heavy (non-hydrogen) atoms. The fraction of sp³-hybridized carbons (Fsp3) is 0.789. The van der Waals surface area contributed by atoms with E-state index in [1.165, 1.54) is 27.7 Å². The molecule has 1 rings (SSSR count). The van der Waals surface area contributed by atoms with E-state index in [1.54, 1.807) is 0 Å². The molecular formula is C19H32O10Si. The Morgan fingerprint density at radius 2 is 1.27 bits per heavy atom. The standard InChI is InChI=1S/C19H32O10Si/c1-10(2)30(7,8)29-19-18(27-14(6)23)17(26-13(5)22)16(25-12(4)21)15(28-19)9-24-11(3)20/h10,15-19H,9H2,1-8H3. The van der Waals surface area contributed by atoms with E-state index in [0.29, 0.717) is 0 Å². The highest BCUT2D eigenvalue weighted by atomic mass is 28.4. The summed E-state index contributed by atoms with van der Waals surface area (Å²) < 4.78 is 33.3. The molecule has 0 amide bonds. The van der Waals surface area contributed by atoms with E-state index in [-0.39, 0.29) is 12.1 Å². The number of hydrogen-bond acceptors (Lipinski definition) is 10. The number of carbonyl (C=O) groups excluding carboxylic acids is 4. The van der Waals surface area contributed by atoms with Crippen molar-refractivity contribution in [3.63, 3.8) is 0 Å². The second kappa shape index (κ2) is 10.9. The topological polar surface area (TPSA) is 124 Å². The summed E-state index contributed by atoms with van der Waals surface area (Å²) in [4.78, 5) is 46.6. The Kier molecular flexibility index (Phi) is 9.44. The molecule has 11 heteroatoms. The Labute approximate surface area is 177 Å². The number of ether oxygens (including phenoxy) is 5. The van der Waals surface area contributed by atoms with Gasteiger partial charge in [-0.2, -0.15) is 0 Å². The molecule has 0 aromatic carbocycles. The highest BCUT2D eigenvalue weighted by Gasteiger charge is 2.54. The van der Waals surface area contributed by atoms with Crippen LogP contribution in [0, 0.1) is 0 Å². The molecule has 10 nitrogen and oxygen atoms in total. The van der Waals surface area contributed by atoms with Crippen molar-refractivity contribution < 1.29 is 47.3 Å². The Morgan fingerprint density at radius 1 is 0.800 bits per heavy atom. The van der Waals surface area contributed by atoms with Gasteiger partial charge in [-0.3, -0.25) is 19.2 Å². The first kappa shape index (κ1) is 26.1. The summed E-state index contributed by atoms with van der Waals surface area (Å²) in [6.07, 6.45) is -5.70. The van der Waals surface area contributed by atoms with Crippen molar-refractivity contribution in [3.05, 3.63) is 0 Å². The molecule has 1 aliphatic rings. The van der Waals surface area contributed by atoms with Gasteiger partial charge in [0.1, 0.15) is 12.7 Å². The summed E-state index contributed by atoms with van der Waals surface area (Å²) in [5, 5.41) is 0. The van der Waals surface area contributed by atoms with Gasteiger partial charge < -0.3 is 28.1 Å². The molecule has 0 bridgehead atoms. The Hall–Kier alpha value is -1.98. The number of esters is 4. The van der Waals surface area contributed by atoms with Gasteiger partial charge in [-0.05, 0) is 18.6 Å². The minimum absolute atomic E-state index is 0.185. The molecule has 1 aliphatic heterocycles. The molecule has 5 unspecified atom stereocenters. The van der Waals surface area contributed by atoms with Crippen molar-refractivity contribution in [2.24, 2.45) is 0 Å². The summed E-state index contributed by atoms with van der Waals surface area (Å²) in [5.41, 5.74) is 0.185.